The Hall–Kier alpha value is -3.59. The van der Waals surface area contributed by atoms with Crippen LogP contribution in [0.3, 0.4) is 0 Å². The van der Waals surface area contributed by atoms with Crippen molar-refractivity contribution in [2.24, 2.45) is 0 Å². The molecule has 2 heterocycles. The molecule has 0 aliphatic carbocycles. The highest BCUT2D eigenvalue weighted by Gasteiger charge is 2.21. The standard InChI is InChI=1S/C22H21FN4O3S/c1-13-7-8-24-17(9-13)25-18(28)12-27(3)22(30)20-14(2)10-19(31-20)26-21(29)15-5-4-6-16(23)11-15/h4-11H,12H2,1-3H3,(H,26,29)(H,24,25,28). The van der Waals surface area contributed by atoms with Crippen molar-refractivity contribution >= 4 is 39.9 Å². The van der Waals surface area contributed by atoms with Crippen LogP contribution < -0.4 is 10.6 Å². The normalized spacial score (nSPS) is 10.5. The van der Waals surface area contributed by atoms with E-state index < -0.39 is 11.7 Å². The van der Waals surface area contributed by atoms with Crippen LogP contribution >= 0.6 is 11.3 Å². The van der Waals surface area contributed by atoms with Crippen molar-refractivity contribution in [3.8, 4) is 0 Å². The third-order valence-corrected chi connectivity index (χ3v) is 5.49. The van der Waals surface area contributed by atoms with E-state index in [-0.39, 0.29) is 23.9 Å². The van der Waals surface area contributed by atoms with Crippen molar-refractivity contribution in [3.63, 3.8) is 0 Å². The lowest BCUT2D eigenvalue weighted by Crippen LogP contribution is -2.35. The summed E-state index contributed by atoms with van der Waals surface area (Å²) in [4.78, 5) is 43.1. The summed E-state index contributed by atoms with van der Waals surface area (Å²) in [6.07, 6.45) is 1.59. The summed E-state index contributed by atoms with van der Waals surface area (Å²) in [7, 11) is 1.52. The van der Waals surface area contributed by atoms with Gasteiger partial charge in [0.1, 0.15) is 11.6 Å². The fourth-order valence-electron chi connectivity index (χ4n) is 2.82. The van der Waals surface area contributed by atoms with Crippen LogP contribution in [-0.4, -0.2) is 41.2 Å². The van der Waals surface area contributed by atoms with Crippen LogP contribution in [0.15, 0.2) is 48.7 Å². The summed E-state index contributed by atoms with van der Waals surface area (Å²) < 4.78 is 13.3. The zero-order valence-corrected chi connectivity index (χ0v) is 18.0. The van der Waals surface area contributed by atoms with Gasteiger partial charge in [0.2, 0.25) is 5.91 Å². The molecule has 3 aromatic rings. The van der Waals surface area contributed by atoms with Gasteiger partial charge in [0, 0.05) is 18.8 Å². The first kappa shape index (κ1) is 22.1. The minimum atomic E-state index is -0.508. The predicted octanol–water partition coefficient (Wildman–Crippen LogP) is 3.86. The van der Waals surface area contributed by atoms with E-state index in [4.69, 9.17) is 0 Å². The number of aryl methyl sites for hydroxylation is 2. The molecule has 3 amide bonds. The van der Waals surface area contributed by atoms with Crippen LogP contribution in [0.5, 0.6) is 0 Å². The number of anilines is 2. The number of carbonyl (C=O) groups is 3. The first-order valence-corrected chi connectivity index (χ1v) is 10.2. The van der Waals surface area contributed by atoms with E-state index >= 15 is 0 Å². The predicted molar refractivity (Wildman–Crippen MR) is 118 cm³/mol. The molecular weight excluding hydrogens is 419 g/mol. The number of carbonyl (C=O) groups excluding carboxylic acids is 3. The summed E-state index contributed by atoms with van der Waals surface area (Å²) >= 11 is 1.10. The van der Waals surface area contributed by atoms with E-state index in [0.717, 1.165) is 23.0 Å². The second-order valence-corrected chi connectivity index (χ2v) is 8.07. The lowest BCUT2D eigenvalue weighted by atomic mass is 10.2. The Balaban J connectivity index is 1.64. The summed E-state index contributed by atoms with van der Waals surface area (Å²) in [6, 6.07) is 10.6. The van der Waals surface area contributed by atoms with Gasteiger partial charge in [-0.2, -0.15) is 0 Å². The summed E-state index contributed by atoms with van der Waals surface area (Å²) in [5.41, 5.74) is 1.80. The topological polar surface area (TPSA) is 91.4 Å². The molecule has 3 rings (SSSR count). The Labute approximate surface area is 182 Å². The zero-order chi connectivity index (χ0) is 22.5. The van der Waals surface area contributed by atoms with Gasteiger partial charge in [0.15, 0.2) is 0 Å². The number of likely N-dealkylation sites (N-methyl/N-ethyl adjacent to an activating group) is 1. The fourth-order valence-corrected chi connectivity index (χ4v) is 3.88. The summed E-state index contributed by atoms with van der Waals surface area (Å²) in [5.74, 6) is -1.28. The summed E-state index contributed by atoms with van der Waals surface area (Å²) in [6.45, 7) is 3.47. The monoisotopic (exact) mass is 440 g/mol. The molecule has 0 bridgehead atoms. The van der Waals surface area contributed by atoms with E-state index in [9.17, 15) is 18.8 Å². The van der Waals surface area contributed by atoms with Gasteiger partial charge < -0.3 is 15.5 Å². The van der Waals surface area contributed by atoms with Gasteiger partial charge in [-0.3, -0.25) is 14.4 Å². The highest BCUT2D eigenvalue weighted by Crippen LogP contribution is 2.28. The summed E-state index contributed by atoms with van der Waals surface area (Å²) in [5, 5.41) is 5.79. The number of nitrogens with one attached hydrogen (secondary N) is 2. The first-order valence-electron chi connectivity index (χ1n) is 9.38. The number of amides is 3. The lowest BCUT2D eigenvalue weighted by Gasteiger charge is -2.16. The molecular formula is C22H21FN4O3S. The van der Waals surface area contributed by atoms with E-state index in [1.165, 1.54) is 30.1 Å². The number of hydrogen-bond acceptors (Lipinski definition) is 5. The molecule has 0 aliphatic heterocycles. The number of benzene rings is 1. The molecule has 0 spiro atoms. The number of rotatable bonds is 6. The maximum absolute atomic E-state index is 13.3. The molecule has 9 heteroatoms. The van der Waals surface area contributed by atoms with Gasteiger partial charge in [-0.1, -0.05) is 6.07 Å². The maximum atomic E-state index is 13.3. The molecule has 0 radical (unpaired) electrons. The Morgan fingerprint density at radius 2 is 1.87 bits per heavy atom. The van der Waals surface area contributed by atoms with Gasteiger partial charge in [-0.05, 0) is 61.4 Å². The Morgan fingerprint density at radius 1 is 1.10 bits per heavy atom. The van der Waals surface area contributed by atoms with Crippen LogP contribution in [0.1, 0.15) is 31.2 Å². The Kier molecular flexibility index (Phi) is 6.76. The van der Waals surface area contributed by atoms with Crippen molar-refractivity contribution in [1.82, 2.24) is 9.88 Å². The van der Waals surface area contributed by atoms with Gasteiger partial charge >= 0.3 is 0 Å². The average Bonchev–Trinajstić information content (AvgIpc) is 3.07. The zero-order valence-electron chi connectivity index (χ0n) is 17.2. The minimum Gasteiger partial charge on any atom is -0.332 e. The largest absolute Gasteiger partial charge is 0.332 e. The molecule has 0 saturated heterocycles. The fraction of sp³-hybridized carbons (Fsp3) is 0.182. The lowest BCUT2D eigenvalue weighted by molar-refractivity contribution is -0.116. The van der Waals surface area contributed by atoms with Crippen molar-refractivity contribution in [2.45, 2.75) is 13.8 Å². The van der Waals surface area contributed by atoms with Gasteiger partial charge in [-0.15, -0.1) is 11.3 Å². The second-order valence-electron chi connectivity index (χ2n) is 7.02. The van der Waals surface area contributed by atoms with Gasteiger partial charge in [0.05, 0.1) is 16.4 Å². The molecule has 0 unspecified atom stereocenters. The Bertz CT molecular complexity index is 1150. The maximum Gasteiger partial charge on any atom is 0.264 e. The van der Waals surface area contributed by atoms with Gasteiger partial charge in [0.25, 0.3) is 11.8 Å². The van der Waals surface area contributed by atoms with E-state index in [1.807, 2.05) is 13.0 Å². The van der Waals surface area contributed by atoms with E-state index in [1.54, 1.807) is 25.3 Å². The molecule has 7 nitrogen and oxygen atoms in total. The van der Waals surface area contributed by atoms with E-state index in [0.29, 0.717) is 21.3 Å². The smallest absolute Gasteiger partial charge is 0.264 e. The average molecular weight is 441 g/mol. The minimum absolute atomic E-state index is 0.156. The van der Waals surface area contributed by atoms with Crippen molar-refractivity contribution in [1.29, 1.82) is 0 Å². The van der Waals surface area contributed by atoms with E-state index in [2.05, 4.69) is 15.6 Å². The van der Waals surface area contributed by atoms with Crippen LogP contribution in [0.2, 0.25) is 0 Å². The molecule has 2 aromatic heterocycles. The molecule has 0 aliphatic rings. The highest BCUT2D eigenvalue weighted by atomic mass is 32.1. The van der Waals surface area contributed by atoms with Crippen LogP contribution in [-0.2, 0) is 4.79 Å². The SMILES string of the molecule is Cc1ccnc(NC(=O)CN(C)C(=O)c2sc(NC(=O)c3cccc(F)c3)cc2C)c1. The number of pyridine rings is 1. The quantitative estimate of drug-likeness (QED) is 0.609. The molecule has 1 aromatic carbocycles. The van der Waals surface area contributed by atoms with Crippen LogP contribution in [0.4, 0.5) is 15.2 Å². The molecule has 0 fully saturated rings. The van der Waals surface area contributed by atoms with Crippen LogP contribution in [0, 0.1) is 19.7 Å². The first-order chi connectivity index (χ1) is 14.7. The number of halogens is 1. The molecule has 0 atom stereocenters. The highest BCUT2D eigenvalue weighted by molar-refractivity contribution is 7.18. The molecule has 31 heavy (non-hydrogen) atoms. The van der Waals surface area contributed by atoms with Gasteiger partial charge in [-0.25, -0.2) is 9.37 Å². The van der Waals surface area contributed by atoms with Crippen LogP contribution in [0.25, 0.3) is 0 Å². The van der Waals surface area contributed by atoms with Crippen molar-refractivity contribution in [3.05, 3.63) is 76.0 Å². The number of hydrogen-bond donors (Lipinski definition) is 2. The molecule has 0 saturated carbocycles. The molecule has 2 N–H and O–H groups in total. The number of nitrogens with zero attached hydrogens (tertiary/aromatic N) is 2. The second kappa shape index (κ2) is 9.48. The molecule has 160 valence electrons. The Morgan fingerprint density at radius 3 is 2.58 bits per heavy atom. The van der Waals surface area contributed by atoms with Crippen molar-refractivity contribution < 1.29 is 18.8 Å². The number of thiophene rings is 1. The third-order valence-electron chi connectivity index (χ3n) is 4.35. The third kappa shape index (κ3) is 5.73. The number of aromatic nitrogens is 1. The van der Waals surface area contributed by atoms with Crippen molar-refractivity contribution in [2.75, 3.05) is 24.2 Å².